The lowest BCUT2D eigenvalue weighted by Crippen LogP contribution is -2.13. The summed E-state index contributed by atoms with van der Waals surface area (Å²) in [5.41, 5.74) is 2.24. The number of nitrogens with one attached hydrogen (secondary N) is 1. The normalized spacial score (nSPS) is 10.3. The number of ether oxygens (including phenoxy) is 1. The molecule has 0 saturated heterocycles. The molecule has 2 aromatic carbocycles. The molecule has 3 aromatic rings. The Morgan fingerprint density at radius 3 is 2.54 bits per heavy atom. The van der Waals surface area contributed by atoms with E-state index in [0.29, 0.717) is 21.9 Å². The summed E-state index contributed by atoms with van der Waals surface area (Å²) in [6, 6.07) is 15.2. The van der Waals surface area contributed by atoms with Gasteiger partial charge >= 0.3 is 0 Å². The Morgan fingerprint density at radius 1 is 1.08 bits per heavy atom. The summed E-state index contributed by atoms with van der Waals surface area (Å²) in [5, 5.41) is 8.84. The Kier molecular flexibility index (Phi) is 5.35. The van der Waals surface area contributed by atoms with E-state index >= 15 is 0 Å². The number of aromatic amines is 1. The number of nitriles is 1. The van der Waals surface area contributed by atoms with E-state index < -0.39 is 5.82 Å². The number of H-pyrrole nitrogens is 1. The maximum Gasteiger partial charge on any atom is 0.251 e. The highest BCUT2D eigenvalue weighted by molar-refractivity contribution is 6.30. The molecule has 26 heavy (non-hydrogen) atoms. The Labute approximate surface area is 154 Å². The van der Waals surface area contributed by atoms with Gasteiger partial charge in [0.15, 0.2) is 6.61 Å². The average molecular weight is 369 g/mol. The predicted octanol–water partition coefficient (Wildman–Crippen LogP) is 4.33. The Morgan fingerprint density at radius 2 is 1.85 bits per heavy atom. The van der Waals surface area contributed by atoms with Crippen molar-refractivity contribution < 1.29 is 9.13 Å². The molecule has 1 N–H and O–H groups in total. The minimum Gasteiger partial charge on any atom is -0.479 e. The maximum atomic E-state index is 14.0. The third kappa shape index (κ3) is 4.11. The van der Waals surface area contributed by atoms with Gasteiger partial charge in [-0.3, -0.25) is 4.79 Å². The van der Waals surface area contributed by atoms with Gasteiger partial charge in [-0.1, -0.05) is 29.8 Å². The van der Waals surface area contributed by atoms with Crippen molar-refractivity contribution in [1.82, 2.24) is 4.98 Å². The quantitative estimate of drug-likeness (QED) is 0.729. The molecule has 0 saturated carbocycles. The fourth-order valence-corrected chi connectivity index (χ4v) is 2.72. The highest BCUT2D eigenvalue weighted by atomic mass is 35.5. The predicted molar refractivity (Wildman–Crippen MR) is 97.8 cm³/mol. The molecule has 4 nitrogen and oxygen atoms in total. The van der Waals surface area contributed by atoms with Crippen LogP contribution in [0.25, 0.3) is 11.1 Å². The van der Waals surface area contributed by atoms with Crippen LogP contribution in [0.2, 0.25) is 5.02 Å². The van der Waals surface area contributed by atoms with Gasteiger partial charge in [-0.05, 0) is 47.0 Å². The third-order valence-electron chi connectivity index (χ3n) is 3.87. The fraction of sp³-hybridized carbons (Fsp3) is 0.100. The van der Waals surface area contributed by atoms with Crippen LogP contribution in [0.15, 0.2) is 59.5 Å². The molecule has 0 aliphatic rings. The van der Waals surface area contributed by atoms with Crippen molar-refractivity contribution in [3.63, 3.8) is 0 Å². The number of hydrogen-bond donors (Lipinski definition) is 1. The molecule has 0 radical (unpaired) electrons. The fourth-order valence-electron chi connectivity index (χ4n) is 2.56. The molecule has 0 bridgehead atoms. The number of aromatic nitrogens is 1. The molecule has 130 valence electrons. The molecule has 0 aliphatic heterocycles. The summed E-state index contributed by atoms with van der Waals surface area (Å²) >= 11 is 5.77. The largest absolute Gasteiger partial charge is 0.479 e. The van der Waals surface area contributed by atoms with Gasteiger partial charge in [0.25, 0.3) is 5.56 Å². The lowest BCUT2D eigenvalue weighted by molar-refractivity contribution is 0.368. The molecule has 0 amide bonds. The number of rotatable bonds is 5. The van der Waals surface area contributed by atoms with Crippen LogP contribution < -0.4 is 10.3 Å². The monoisotopic (exact) mass is 368 g/mol. The molecule has 0 spiro atoms. The Bertz CT molecular complexity index is 1020. The number of halogens is 2. The summed E-state index contributed by atoms with van der Waals surface area (Å²) in [5.74, 6) is 0.143. The molecular formula is C20H14ClFN2O2. The first-order chi connectivity index (χ1) is 12.6. The highest BCUT2D eigenvalue weighted by Gasteiger charge is 2.09. The van der Waals surface area contributed by atoms with Gasteiger partial charge in [0.2, 0.25) is 0 Å². The van der Waals surface area contributed by atoms with Crippen molar-refractivity contribution in [3.8, 4) is 22.9 Å². The van der Waals surface area contributed by atoms with Gasteiger partial charge in [-0.15, -0.1) is 0 Å². The second kappa shape index (κ2) is 7.85. The van der Waals surface area contributed by atoms with Crippen molar-refractivity contribution >= 4 is 11.6 Å². The van der Waals surface area contributed by atoms with Crippen LogP contribution in [0.5, 0.6) is 5.75 Å². The van der Waals surface area contributed by atoms with Crippen molar-refractivity contribution in [2.45, 2.75) is 6.42 Å². The summed E-state index contributed by atoms with van der Waals surface area (Å²) in [6.07, 6.45) is 1.77. The second-order valence-corrected chi connectivity index (χ2v) is 6.06. The topological polar surface area (TPSA) is 65.9 Å². The van der Waals surface area contributed by atoms with Crippen LogP contribution in [-0.4, -0.2) is 11.6 Å². The number of hydrogen-bond acceptors (Lipinski definition) is 3. The average Bonchev–Trinajstić information content (AvgIpc) is 2.64. The van der Waals surface area contributed by atoms with Gasteiger partial charge in [-0.25, -0.2) is 4.39 Å². The molecule has 0 fully saturated rings. The van der Waals surface area contributed by atoms with E-state index in [-0.39, 0.29) is 18.6 Å². The van der Waals surface area contributed by atoms with Gasteiger partial charge in [0.05, 0.1) is 0 Å². The first-order valence-electron chi connectivity index (χ1n) is 7.82. The molecule has 6 heteroatoms. The second-order valence-electron chi connectivity index (χ2n) is 5.63. The summed E-state index contributed by atoms with van der Waals surface area (Å²) in [7, 11) is 0. The van der Waals surface area contributed by atoms with E-state index in [0.717, 1.165) is 11.1 Å². The highest BCUT2D eigenvalue weighted by Crippen LogP contribution is 2.23. The molecular weight excluding hydrogens is 355 g/mol. The standard InChI is InChI=1S/C20H14ClFN2O2/c21-17-4-1-14(19(22)11-17)9-15-10-16(12-24-20(15)25)13-2-5-18(6-3-13)26-8-7-23/h1-6,10-12H,8-9H2,(H,24,25). The molecule has 0 aliphatic carbocycles. The van der Waals surface area contributed by atoms with Crippen molar-refractivity contribution in [3.05, 3.63) is 87.0 Å². The molecule has 1 aromatic heterocycles. The summed E-state index contributed by atoms with van der Waals surface area (Å²) in [6.45, 7) is -0.0190. The third-order valence-corrected chi connectivity index (χ3v) is 4.10. The lowest BCUT2D eigenvalue weighted by atomic mass is 10.0. The molecule has 0 unspecified atom stereocenters. The minimum atomic E-state index is -0.443. The van der Waals surface area contributed by atoms with Gasteiger partial charge in [0, 0.05) is 23.2 Å². The van der Waals surface area contributed by atoms with Crippen LogP contribution in [-0.2, 0) is 6.42 Å². The maximum absolute atomic E-state index is 14.0. The van der Waals surface area contributed by atoms with E-state index in [1.165, 1.54) is 6.07 Å². The van der Waals surface area contributed by atoms with Gasteiger partial charge in [-0.2, -0.15) is 5.26 Å². The van der Waals surface area contributed by atoms with Gasteiger partial charge < -0.3 is 9.72 Å². The SMILES string of the molecule is N#CCOc1ccc(-c2c[nH]c(=O)c(Cc3ccc(Cl)cc3F)c2)cc1. The first kappa shape index (κ1) is 17.7. The Hall–Kier alpha value is -3.10. The van der Waals surface area contributed by atoms with Crippen molar-refractivity contribution in [1.29, 1.82) is 5.26 Å². The number of nitrogens with zero attached hydrogens (tertiary/aromatic N) is 1. The van der Waals surface area contributed by atoms with Crippen LogP contribution in [0.3, 0.4) is 0 Å². The molecule has 0 atom stereocenters. The van der Waals surface area contributed by atoms with E-state index in [2.05, 4.69) is 4.98 Å². The van der Waals surface area contributed by atoms with E-state index in [1.54, 1.807) is 36.5 Å². The van der Waals surface area contributed by atoms with Crippen LogP contribution in [0.4, 0.5) is 4.39 Å². The van der Waals surface area contributed by atoms with Crippen molar-refractivity contribution in [2.24, 2.45) is 0 Å². The van der Waals surface area contributed by atoms with Crippen LogP contribution in [0.1, 0.15) is 11.1 Å². The minimum absolute atomic E-state index is 0.0190. The Balaban J connectivity index is 1.88. The van der Waals surface area contributed by atoms with Crippen LogP contribution >= 0.6 is 11.6 Å². The number of benzene rings is 2. The smallest absolute Gasteiger partial charge is 0.251 e. The zero-order valence-electron chi connectivity index (χ0n) is 13.6. The molecule has 3 rings (SSSR count). The van der Waals surface area contributed by atoms with E-state index in [9.17, 15) is 9.18 Å². The molecule has 1 heterocycles. The number of pyridine rings is 1. The lowest BCUT2D eigenvalue weighted by Gasteiger charge is -2.08. The zero-order chi connectivity index (χ0) is 18.5. The van der Waals surface area contributed by atoms with E-state index in [1.807, 2.05) is 18.2 Å². The van der Waals surface area contributed by atoms with Crippen LogP contribution in [0, 0.1) is 17.1 Å². The summed E-state index contributed by atoms with van der Waals surface area (Å²) < 4.78 is 19.2. The van der Waals surface area contributed by atoms with E-state index in [4.69, 9.17) is 21.6 Å². The van der Waals surface area contributed by atoms with Gasteiger partial charge in [0.1, 0.15) is 17.6 Å². The van der Waals surface area contributed by atoms with Crippen molar-refractivity contribution in [2.75, 3.05) is 6.61 Å². The zero-order valence-corrected chi connectivity index (χ0v) is 14.4. The first-order valence-corrected chi connectivity index (χ1v) is 8.20. The summed E-state index contributed by atoms with van der Waals surface area (Å²) in [4.78, 5) is 14.8.